The molecule has 138 valence electrons. The van der Waals surface area contributed by atoms with E-state index in [1.807, 2.05) is 28.8 Å². The Morgan fingerprint density at radius 3 is 2.42 bits per heavy atom. The van der Waals surface area contributed by atoms with Gasteiger partial charge in [-0.25, -0.2) is 14.8 Å². The van der Waals surface area contributed by atoms with E-state index < -0.39 is 5.97 Å². The van der Waals surface area contributed by atoms with Gasteiger partial charge in [-0.2, -0.15) is 0 Å². The van der Waals surface area contributed by atoms with Crippen molar-refractivity contribution in [2.45, 2.75) is 27.3 Å². The lowest BCUT2D eigenvalue weighted by atomic mass is 10.2. The van der Waals surface area contributed by atoms with Crippen molar-refractivity contribution in [3.05, 3.63) is 29.8 Å². The molecular weight excluding hydrogens is 330 g/mol. The Morgan fingerprint density at radius 2 is 1.81 bits per heavy atom. The molecular formula is C19H25N5O2. The van der Waals surface area contributed by atoms with Crippen LogP contribution in [0.15, 0.2) is 24.3 Å². The number of ether oxygens (including phenoxy) is 1. The fraction of sp³-hybridized carbons (Fsp3) is 0.421. The number of benzene rings is 1. The van der Waals surface area contributed by atoms with Gasteiger partial charge in [-0.15, -0.1) is 0 Å². The molecule has 2 heterocycles. The van der Waals surface area contributed by atoms with Crippen molar-refractivity contribution in [3.63, 3.8) is 0 Å². The van der Waals surface area contributed by atoms with Crippen molar-refractivity contribution in [1.29, 1.82) is 0 Å². The minimum atomic E-state index is -0.457. The number of nitrogens with two attached hydrogens (primary N) is 1. The summed E-state index contributed by atoms with van der Waals surface area (Å²) in [5.41, 5.74) is 9.27. The van der Waals surface area contributed by atoms with Crippen molar-refractivity contribution in [3.8, 4) is 0 Å². The second kappa shape index (κ2) is 7.70. The lowest BCUT2D eigenvalue weighted by molar-refractivity contribution is 0.0529. The lowest BCUT2D eigenvalue weighted by Crippen LogP contribution is -2.27. The number of fused-ring (bicyclic) bond motifs is 2. The number of esters is 1. The van der Waals surface area contributed by atoms with Crippen molar-refractivity contribution >= 4 is 34.0 Å². The van der Waals surface area contributed by atoms with E-state index in [1.165, 1.54) is 0 Å². The Kier molecular flexibility index (Phi) is 5.37. The van der Waals surface area contributed by atoms with Gasteiger partial charge in [-0.1, -0.05) is 26.0 Å². The average molecular weight is 355 g/mol. The van der Waals surface area contributed by atoms with Gasteiger partial charge < -0.3 is 19.9 Å². The molecule has 0 aliphatic rings. The minimum absolute atomic E-state index is 0.283. The topological polar surface area (TPSA) is 86.3 Å². The van der Waals surface area contributed by atoms with E-state index in [-0.39, 0.29) is 6.61 Å². The monoisotopic (exact) mass is 355 g/mol. The predicted molar refractivity (Wildman–Crippen MR) is 103 cm³/mol. The maximum atomic E-state index is 12.5. The molecule has 0 amide bonds. The molecule has 3 rings (SSSR count). The summed E-state index contributed by atoms with van der Waals surface area (Å²) in [5, 5.41) is 0. The molecule has 0 aliphatic carbocycles. The Hall–Kier alpha value is -2.67. The zero-order valence-corrected chi connectivity index (χ0v) is 15.5. The zero-order valence-electron chi connectivity index (χ0n) is 15.5. The first-order chi connectivity index (χ1) is 12.6. The first-order valence-corrected chi connectivity index (χ1v) is 9.04. The molecule has 3 aromatic rings. The number of nitrogen functional groups attached to an aromatic ring is 1. The summed E-state index contributed by atoms with van der Waals surface area (Å²) in [6.45, 7) is 9.66. The summed E-state index contributed by atoms with van der Waals surface area (Å²) in [7, 11) is 0. The van der Waals surface area contributed by atoms with Crippen LogP contribution < -0.4 is 5.73 Å². The predicted octanol–water partition coefficient (Wildman–Crippen LogP) is 2.69. The summed E-state index contributed by atoms with van der Waals surface area (Å²) >= 11 is 0. The third-order valence-electron chi connectivity index (χ3n) is 4.61. The van der Waals surface area contributed by atoms with Gasteiger partial charge >= 0.3 is 5.97 Å². The van der Waals surface area contributed by atoms with Crippen LogP contribution in [0.4, 0.5) is 5.82 Å². The van der Waals surface area contributed by atoms with Crippen LogP contribution in [-0.4, -0.2) is 51.6 Å². The second-order valence-corrected chi connectivity index (χ2v) is 6.04. The molecule has 0 radical (unpaired) electrons. The molecule has 0 bridgehead atoms. The van der Waals surface area contributed by atoms with Crippen LogP contribution in [0.5, 0.6) is 0 Å². The van der Waals surface area contributed by atoms with Gasteiger partial charge in [0.25, 0.3) is 0 Å². The zero-order chi connectivity index (χ0) is 18.7. The number of carbonyl (C=O) groups is 1. The van der Waals surface area contributed by atoms with Gasteiger partial charge in [0.05, 0.1) is 17.6 Å². The number of hydrogen-bond acceptors (Lipinski definition) is 6. The van der Waals surface area contributed by atoms with E-state index in [9.17, 15) is 4.79 Å². The number of likely N-dealkylation sites (N-methyl/N-ethyl adjacent to an activating group) is 1. The molecule has 2 aromatic heterocycles. The number of anilines is 1. The van der Waals surface area contributed by atoms with Crippen LogP contribution in [0.3, 0.4) is 0 Å². The quantitative estimate of drug-likeness (QED) is 0.656. The first kappa shape index (κ1) is 18.1. The van der Waals surface area contributed by atoms with E-state index >= 15 is 0 Å². The summed E-state index contributed by atoms with van der Waals surface area (Å²) in [4.78, 5) is 24.2. The van der Waals surface area contributed by atoms with Gasteiger partial charge in [0.2, 0.25) is 0 Å². The van der Waals surface area contributed by atoms with Gasteiger partial charge in [0.1, 0.15) is 16.9 Å². The maximum absolute atomic E-state index is 12.5. The second-order valence-electron chi connectivity index (χ2n) is 6.04. The Labute approximate surface area is 152 Å². The van der Waals surface area contributed by atoms with E-state index in [2.05, 4.69) is 23.7 Å². The lowest BCUT2D eigenvalue weighted by Gasteiger charge is -2.19. The van der Waals surface area contributed by atoms with Crippen molar-refractivity contribution in [2.75, 3.05) is 32.0 Å². The molecule has 0 atom stereocenters. The highest BCUT2D eigenvalue weighted by Gasteiger charge is 2.24. The Bertz CT molecular complexity index is 930. The maximum Gasteiger partial charge on any atom is 0.344 e. The van der Waals surface area contributed by atoms with E-state index in [1.54, 1.807) is 6.92 Å². The third-order valence-corrected chi connectivity index (χ3v) is 4.61. The molecule has 0 aliphatic heterocycles. The fourth-order valence-electron chi connectivity index (χ4n) is 3.13. The van der Waals surface area contributed by atoms with Crippen LogP contribution in [0.1, 0.15) is 31.1 Å². The summed E-state index contributed by atoms with van der Waals surface area (Å²) in [5.74, 6) is -0.0953. The number of rotatable bonds is 7. The SMILES string of the molecule is CCOC(=O)c1c(N)n(CCN(CC)CC)c2nc3ccccc3nc12. The van der Waals surface area contributed by atoms with Crippen LogP contribution in [-0.2, 0) is 11.3 Å². The molecule has 7 nitrogen and oxygen atoms in total. The molecule has 26 heavy (non-hydrogen) atoms. The van der Waals surface area contributed by atoms with E-state index in [0.29, 0.717) is 29.1 Å². The molecule has 7 heteroatoms. The average Bonchev–Trinajstić information content (AvgIpc) is 2.91. The largest absolute Gasteiger partial charge is 0.462 e. The molecule has 1 aromatic carbocycles. The van der Waals surface area contributed by atoms with Crippen LogP contribution in [0.2, 0.25) is 0 Å². The molecule has 0 unspecified atom stereocenters. The number of nitrogens with zero attached hydrogens (tertiary/aromatic N) is 4. The standard InChI is InChI=1S/C19H25N5O2/c1-4-23(5-2)11-12-24-17(20)15(19(25)26-6-3)16-18(24)22-14-10-8-7-9-13(14)21-16/h7-10H,4-6,11-12,20H2,1-3H3. The van der Waals surface area contributed by atoms with E-state index in [4.69, 9.17) is 15.5 Å². The van der Waals surface area contributed by atoms with Crippen LogP contribution in [0.25, 0.3) is 22.2 Å². The summed E-state index contributed by atoms with van der Waals surface area (Å²) < 4.78 is 7.07. The highest BCUT2D eigenvalue weighted by molar-refractivity contribution is 6.08. The van der Waals surface area contributed by atoms with Gasteiger partial charge in [-0.05, 0) is 32.1 Å². The smallest absolute Gasteiger partial charge is 0.344 e. The van der Waals surface area contributed by atoms with Crippen molar-refractivity contribution in [2.24, 2.45) is 0 Å². The third kappa shape index (κ3) is 3.22. The first-order valence-electron chi connectivity index (χ1n) is 9.04. The summed E-state index contributed by atoms with van der Waals surface area (Å²) in [6.07, 6.45) is 0. The number of para-hydroxylation sites is 2. The van der Waals surface area contributed by atoms with E-state index in [0.717, 1.165) is 30.7 Å². The van der Waals surface area contributed by atoms with Gasteiger partial charge in [-0.3, -0.25) is 0 Å². The van der Waals surface area contributed by atoms with Crippen LogP contribution >= 0.6 is 0 Å². The molecule has 0 fully saturated rings. The normalized spacial score (nSPS) is 11.5. The number of hydrogen-bond donors (Lipinski definition) is 1. The summed E-state index contributed by atoms with van der Waals surface area (Å²) in [6, 6.07) is 7.60. The highest BCUT2D eigenvalue weighted by atomic mass is 16.5. The van der Waals surface area contributed by atoms with Crippen LogP contribution in [0, 0.1) is 0 Å². The van der Waals surface area contributed by atoms with Crippen molar-refractivity contribution < 1.29 is 9.53 Å². The number of aromatic nitrogens is 3. The molecule has 0 saturated heterocycles. The molecule has 2 N–H and O–H groups in total. The van der Waals surface area contributed by atoms with Gasteiger partial charge in [0, 0.05) is 13.1 Å². The minimum Gasteiger partial charge on any atom is -0.462 e. The highest BCUT2D eigenvalue weighted by Crippen LogP contribution is 2.28. The fourth-order valence-corrected chi connectivity index (χ4v) is 3.13. The Morgan fingerprint density at radius 1 is 1.15 bits per heavy atom. The molecule has 0 saturated carbocycles. The number of carbonyl (C=O) groups excluding carboxylic acids is 1. The Balaban J connectivity index is 2.17. The van der Waals surface area contributed by atoms with Crippen molar-refractivity contribution in [1.82, 2.24) is 19.4 Å². The molecule has 0 spiro atoms. The van der Waals surface area contributed by atoms with Gasteiger partial charge in [0.15, 0.2) is 5.65 Å².